The van der Waals surface area contributed by atoms with Crippen LogP contribution in [0.15, 0.2) is 18.2 Å². The number of anilines is 1. The summed E-state index contributed by atoms with van der Waals surface area (Å²) in [5.41, 5.74) is 0.598. The van der Waals surface area contributed by atoms with Crippen LogP contribution in [0.4, 0.5) is 11.4 Å². The Hall–Kier alpha value is -1.78. The quantitative estimate of drug-likeness (QED) is 0.643. The van der Waals surface area contributed by atoms with Crippen molar-refractivity contribution in [2.24, 2.45) is 0 Å². The molecule has 5 nitrogen and oxygen atoms in total. The molecule has 1 saturated carbocycles. The monoisotopic (exact) mass is 250 g/mol. The first-order valence-corrected chi connectivity index (χ1v) is 6.28. The van der Waals surface area contributed by atoms with Crippen LogP contribution in [-0.4, -0.2) is 17.1 Å². The Bertz CT molecular complexity index is 442. The molecule has 0 aliphatic heterocycles. The molecule has 0 aromatic heterocycles. The first-order chi connectivity index (χ1) is 8.58. The van der Waals surface area contributed by atoms with Crippen LogP contribution in [0.2, 0.25) is 0 Å². The van der Waals surface area contributed by atoms with E-state index in [-0.39, 0.29) is 16.7 Å². The number of rotatable bonds is 5. The van der Waals surface area contributed by atoms with Crippen LogP contribution in [0.25, 0.3) is 0 Å². The zero-order valence-corrected chi connectivity index (χ0v) is 10.7. The lowest BCUT2D eigenvalue weighted by Crippen LogP contribution is -2.27. The first kappa shape index (κ1) is 12.7. The third-order valence-corrected chi connectivity index (χ3v) is 3.01. The summed E-state index contributed by atoms with van der Waals surface area (Å²) in [5.74, 6) is 0.333. The summed E-state index contributed by atoms with van der Waals surface area (Å²) in [6.45, 7) is 3.71. The number of para-hydroxylation sites is 1. The number of nitrogens with zero attached hydrogens (tertiary/aromatic N) is 1. The summed E-state index contributed by atoms with van der Waals surface area (Å²) in [6, 6.07) is 5.53. The van der Waals surface area contributed by atoms with Crippen molar-refractivity contribution in [3.8, 4) is 5.75 Å². The van der Waals surface area contributed by atoms with Gasteiger partial charge in [0.25, 0.3) is 0 Å². The maximum absolute atomic E-state index is 11.2. The van der Waals surface area contributed by atoms with Crippen molar-refractivity contribution < 1.29 is 9.66 Å². The fourth-order valence-electron chi connectivity index (χ4n) is 1.95. The Balaban J connectivity index is 2.28. The van der Waals surface area contributed by atoms with Crippen molar-refractivity contribution in [3.63, 3.8) is 0 Å². The number of hydrogen-bond donors (Lipinski definition) is 1. The third-order valence-electron chi connectivity index (χ3n) is 3.01. The fourth-order valence-corrected chi connectivity index (χ4v) is 1.95. The fraction of sp³-hybridized carbons (Fsp3) is 0.538. The number of nitro groups is 1. The number of hydrogen-bond acceptors (Lipinski definition) is 4. The van der Waals surface area contributed by atoms with Gasteiger partial charge < -0.3 is 10.1 Å². The van der Waals surface area contributed by atoms with E-state index in [2.05, 4.69) is 5.32 Å². The molecule has 5 heteroatoms. The highest BCUT2D eigenvalue weighted by molar-refractivity contribution is 5.68. The molecule has 0 heterocycles. The van der Waals surface area contributed by atoms with Gasteiger partial charge in [0.1, 0.15) is 5.69 Å². The maximum Gasteiger partial charge on any atom is 0.333 e. The van der Waals surface area contributed by atoms with Gasteiger partial charge in [0.2, 0.25) is 0 Å². The van der Waals surface area contributed by atoms with Gasteiger partial charge in [-0.3, -0.25) is 10.1 Å². The highest BCUT2D eigenvalue weighted by atomic mass is 16.6. The van der Waals surface area contributed by atoms with Crippen molar-refractivity contribution in [3.05, 3.63) is 28.3 Å². The van der Waals surface area contributed by atoms with Crippen LogP contribution in [0.1, 0.15) is 33.1 Å². The lowest BCUT2D eigenvalue weighted by molar-refractivity contribution is -0.385. The molecule has 1 fully saturated rings. The van der Waals surface area contributed by atoms with E-state index in [9.17, 15) is 10.1 Å². The number of benzene rings is 1. The Kier molecular flexibility index (Phi) is 3.69. The molecule has 18 heavy (non-hydrogen) atoms. The molecule has 1 aromatic rings. The molecule has 1 aromatic carbocycles. The highest BCUT2D eigenvalue weighted by Crippen LogP contribution is 2.37. The molecule has 0 spiro atoms. The van der Waals surface area contributed by atoms with Gasteiger partial charge in [-0.1, -0.05) is 6.07 Å². The molecular formula is C13H18N2O3. The molecule has 1 N–H and O–H groups in total. The minimum atomic E-state index is -0.376. The Morgan fingerprint density at radius 1 is 1.44 bits per heavy atom. The van der Waals surface area contributed by atoms with E-state index in [0.29, 0.717) is 17.5 Å². The average molecular weight is 250 g/mol. The minimum Gasteiger partial charge on any atom is -0.484 e. The van der Waals surface area contributed by atoms with E-state index >= 15 is 0 Å². The lowest BCUT2D eigenvalue weighted by Gasteiger charge is -2.27. The van der Waals surface area contributed by atoms with E-state index in [1.54, 1.807) is 18.2 Å². The van der Waals surface area contributed by atoms with Gasteiger partial charge >= 0.3 is 5.69 Å². The normalized spacial score (nSPS) is 15.3. The van der Waals surface area contributed by atoms with E-state index in [1.807, 2.05) is 13.8 Å². The SMILES string of the molecule is CC(C)Oc1cccc(NC2CCC2)c1[N+](=O)[O-]. The number of nitro benzene ring substituents is 1. The molecule has 0 bridgehead atoms. The van der Waals surface area contributed by atoms with Gasteiger partial charge in [0.05, 0.1) is 11.0 Å². The topological polar surface area (TPSA) is 64.4 Å². The predicted octanol–water partition coefficient (Wildman–Crippen LogP) is 3.35. The van der Waals surface area contributed by atoms with Gasteiger partial charge in [0.15, 0.2) is 5.75 Å². The summed E-state index contributed by atoms with van der Waals surface area (Å²) in [6.07, 6.45) is 3.26. The maximum atomic E-state index is 11.2. The van der Waals surface area contributed by atoms with Crippen molar-refractivity contribution in [1.29, 1.82) is 0 Å². The second-order valence-electron chi connectivity index (χ2n) is 4.85. The van der Waals surface area contributed by atoms with E-state index in [0.717, 1.165) is 12.8 Å². The molecule has 1 aliphatic rings. The van der Waals surface area contributed by atoms with E-state index in [4.69, 9.17) is 4.74 Å². The summed E-state index contributed by atoms with van der Waals surface area (Å²) < 4.78 is 5.50. The van der Waals surface area contributed by atoms with Gasteiger partial charge in [-0.25, -0.2) is 0 Å². The first-order valence-electron chi connectivity index (χ1n) is 6.28. The second kappa shape index (κ2) is 5.25. The third kappa shape index (κ3) is 2.72. The Labute approximate surface area is 106 Å². The average Bonchev–Trinajstić information content (AvgIpc) is 2.22. The van der Waals surface area contributed by atoms with Gasteiger partial charge in [-0.15, -0.1) is 0 Å². The molecule has 0 atom stereocenters. The van der Waals surface area contributed by atoms with E-state index < -0.39 is 0 Å². The smallest absolute Gasteiger partial charge is 0.333 e. The van der Waals surface area contributed by atoms with Crippen LogP contribution < -0.4 is 10.1 Å². The Morgan fingerprint density at radius 2 is 2.17 bits per heavy atom. The van der Waals surface area contributed by atoms with Gasteiger partial charge in [0, 0.05) is 6.04 Å². The minimum absolute atomic E-state index is 0.0399. The summed E-state index contributed by atoms with van der Waals surface area (Å²) >= 11 is 0. The van der Waals surface area contributed by atoms with Gasteiger partial charge in [-0.2, -0.15) is 0 Å². The molecule has 0 amide bonds. The van der Waals surface area contributed by atoms with Crippen molar-refractivity contribution >= 4 is 11.4 Å². The van der Waals surface area contributed by atoms with Crippen LogP contribution >= 0.6 is 0 Å². The van der Waals surface area contributed by atoms with Crippen LogP contribution in [0, 0.1) is 10.1 Å². The van der Waals surface area contributed by atoms with Crippen molar-refractivity contribution in [2.45, 2.75) is 45.3 Å². The number of ether oxygens (including phenoxy) is 1. The molecule has 0 saturated heterocycles. The van der Waals surface area contributed by atoms with Crippen LogP contribution in [-0.2, 0) is 0 Å². The zero-order chi connectivity index (χ0) is 13.1. The molecule has 98 valence electrons. The second-order valence-corrected chi connectivity index (χ2v) is 4.85. The van der Waals surface area contributed by atoms with Crippen LogP contribution in [0.3, 0.4) is 0 Å². The largest absolute Gasteiger partial charge is 0.484 e. The molecule has 0 unspecified atom stereocenters. The zero-order valence-electron chi connectivity index (χ0n) is 10.7. The van der Waals surface area contributed by atoms with Crippen LogP contribution in [0.5, 0.6) is 5.75 Å². The van der Waals surface area contributed by atoms with Crippen molar-refractivity contribution in [1.82, 2.24) is 0 Å². The van der Waals surface area contributed by atoms with Gasteiger partial charge in [-0.05, 0) is 45.2 Å². The van der Waals surface area contributed by atoms with E-state index in [1.165, 1.54) is 6.42 Å². The van der Waals surface area contributed by atoms with Crippen molar-refractivity contribution in [2.75, 3.05) is 5.32 Å². The standard InChI is InChI=1S/C13H18N2O3/c1-9(2)18-12-8-4-7-11(13(12)15(16)17)14-10-5-3-6-10/h4,7-10,14H,3,5-6H2,1-2H3. The molecule has 1 aliphatic carbocycles. The lowest BCUT2D eigenvalue weighted by atomic mass is 9.93. The predicted molar refractivity (Wildman–Crippen MR) is 70.1 cm³/mol. The molecule has 2 rings (SSSR count). The molecule has 0 radical (unpaired) electrons. The summed E-state index contributed by atoms with van der Waals surface area (Å²) in [7, 11) is 0. The Morgan fingerprint density at radius 3 is 2.67 bits per heavy atom. The molecular weight excluding hydrogens is 232 g/mol. The summed E-state index contributed by atoms with van der Waals surface area (Å²) in [5, 5.41) is 14.4. The number of nitrogens with one attached hydrogen (secondary N) is 1. The summed E-state index contributed by atoms with van der Waals surface area (Å²) in [4.78, 5) is 10.8. The highest BCUT2D eigenvalue weighted by Gasteiger charge is 2.25.